The number of benzene rings is 10. The Kier molecular flexibility index (Phi) is 41.8. The van der Waals surface area contributed by atoms with Gasteiger partial charge in [-0.1, -0.05) is 290 Å². The van der Waals surface area contributed by atoms with Gasteiger partial charge in [-0.3, -0.25) is 38.1 Å². The van der Waals surface area contributed by atoms with Crippen LogP contribution in [-0.4, -0.2) is 77.9 Å². The van der Waals surface area contributed by atoms with Crippen molar-refractivity contribution in [1.29, 1.82) is 0 Å². The number of aliphatic hydroxyl groups excluding tert-OH is 2. The molecule has 0 atom stereocenters. The number of carbonyl (C=O) groups excluding carboxylic acids is 6. The Labute approximate surface area is 636 Å². The fourth-order valence-corrected chi connectivity index (χ4v) is 8.67. The van der Waals surface area contributed by atoms with Crippen molar-refractivity contribution in [2.45, 2.75) is 26.9 Å². The molecule has 0 aliphatic rings. The second-order valence-corrected chi connectivity index (χ2v) is 21.6. The second kappa shape index (κ2) is 50.6. The molecule has 2 amide bonds. The number of aromatic nitrogens is 4. The van der Waals surface area contributed by atoms with Crippen LogP contribution in [0, 0.1) is 0 Å². The molecule has 0 bridgehead atoms. The largest absolute Gasteiger partial charge is 2.00 e. The van der Waals surface area contributed by atoms with Crippen molar-refractivity contribution in [3.63, 3.8) is 0 Å². The van der Waals surface area contributed by atoms with Gasteiger partial charge in [0.25, 0.3) is 0 Å². The zero-order chi connectivity index (χ0) is 75.1. The van der Waals surface area contributed by atoms with Crippen molar-refractivity contribution < 1.29 is 92.4 Å². The third kappa shape index (κ3) is 33.4. The molecule has 0 aliphatic carbocycles. The molecule has 12 aromatic rings. The molecule has 2 aromatic heterocycles. The summed E-state index contributed by atoms with van der Waals surface area (Å²) in [6.45, 7) is 5.26. The summed E-state index contributed by atoms with van der Waals surface area (Å²) < 4.78 is 3.64. The van der Waals surface area contributed by atoms with Crippen LogP contribution < -0.4 is 31.9 Å². The molecule has 0 aliphatic heterocycles. The maximum Gasteiger partial charge on any atom is 2.00 e. The minimum absolute atomic E-state index is 0. The molecule has 12 rings (SSSR count). The summed E-state index contributed by atoms with van der Waals surface area (Å²) in [6.07, 6.45) is 11.8. The van der Waals surface area contributed by atoms with Crippen molar-refractivity contribution in [2.24, 2.45) is 11.5 Å². The molecule has 0 spiro atoms. The first-order chi connectivity index (χ1) is 50.4. The van der Waals surface area contributed by atoms with E-state index in [4.69, 9.17) is 21.7 Å². The summed E-state index contributed by atoms with van der Waals surface area (Å²) in [6, 6.07) is 88.2. The van der Waals surface area contributed by atoms with Crippen LogP contribution in [0.15, 0.2) is 352 Å². The van der Waals surface area contributed by atoms with E-state index in [1.54, 1.807) is 245 Å². The maximum atomic E-state index is 11.8. The smallest absolute Gasteiger partial charge is 0.872 e. The van der Waals surface area contributed by atoms with Gasteiger partial charge >= 0.3 is 33.0 Å². The number of hydrogen-bond acceptors (Lipinski definition) is 14. The molecular formula is C86H78N6Ni2O12. The van der Waals surface area contributed by atoms with Crippen LogP contribution in [0.25, 0.3) is 23.0 Å². The van der Waals surface area contributed by atoms with Crippen LogP contribution in [0.5, 0.6) is 0 Å². The minimum Gasteiger partial charge on any atom is -0.872 e. The van der Waals surface area contributed by atoms with Crippen LogP contribution in [0.4, 0.5) is 0 Å². The molecule has 0 radical (unpaired) electrons. The van der Waals surface area contributed by atoms with Crippen molar-refractivity contribution in [3.8, 4) is 0 Å². The Morgan fingerprint density at radius 1 is 0.302 bits per heavy atom. The molecule has 20 heteroatoms. The van der Waals surface area contributed by atoms with E-state index in [1.807, 2.05) is 107 Å². The van der Waals surface area contributed by atoms with Gasteiger partial charge in [0.15, 0.2) is 23.1 Å². The summed E-state index contributed by atoms with van der Waals surface area (Å²) in [7, 11) is 0. The van der Waals surface area contributed by atoms with E-state index in [2.05, 4.69) is 10.2 Å². The predicted octanol–water partition coefficient (Wildman–Crippen LogP) is 11.1. The minimum atomic E-state index is -0.402. The van der Waals surface area contributed by atoms with E-state index in [1.165, 1.54) is 0 Å². The van der Waals surface area contributed by atoms with Gasteiger partial charge in [0.2, 0.25) is 11.8 Å². The van der Waals surface area contributed by atoms with Gasteiger partial charge in [-0.25, -0.2) is 0 Å². The average molecular weight is 1500 g/mol. The first-order valence-electron chi connectivity index (χ1n) is 32.5. The number of rotatable bonds is 18. The number of nitrogens with zero attached hydrogens (tertiary/aromatic N) is 4. The van der Waals surface area contributed by atoms with E-state index in [0.717, 1.165) is 35.4 Å². The van der Waals surface area contributed by atoms with Crippen LogP contribution in [-0.2, 0) is 46.1 Å². The van der Waals surface area contributed by atoms with Gasteiger partial charge in [0.05, 0.1) is 13.1 Å². The molecule has 0 saturated carbocycles. The SMILES string of the molecule is CCO.CCO.NC(=O)c1ccc(Cn2cccn2)cc1.NC(=O)c1ccc(Cn2cccn2)cc1.O=C(/C=C(\[O-])c1ccccc1)c1ccccc1.O=C(/C=C(\[O-])c1ccccc1)c1ccccc1.O=C(/C=C(\[O-])c1ccccc1)c1ccccc1.O=C(/C=C(\[O-])c1ccccc1)c1ccccc1.[Ni+2].[Ni+2]. The fourth-order valence-electron chi connectivity index (χ4n) is 8.67. The third-order valence-corrected chi connectivity index (χ3v) is 13.8. The molecule has 0 saturated heterocycles. The van der Waals surface area contributed by atoms with Gasteiger partial charge in [-0.15, -0.1) is 0 Å². The summed E-state index contributed by atoms with van der Waals surface area (Å²) in [5.41, 5.74) is 17.7. The normalized spacial score (nSPS) is 10.4. The number of primary amides is 2. The molecule has 18 nitrogen and oxygen atoms in total. The zero-order valence-corrected chi connectivity index (χ0v) is 59.8. The molecule has 0 fully saturated rings. The number of hydrogen-bond donors (Lipinski definition) is 4. The fraction of sp³-hybridized carbons (Fsp3) is 0.0698. The van der Waals surface area contributed by atoms with Crippen LogP contribution >= 0.6 is 0 Å². The number of nitrogens with two attached hydrogens (primary N) is 2. The Morgan fingerprint density at radius 2 is 0.481 bits per heavy atom. The van der Waals surface area contributed by atoms with E-state index in [-0.39, 0.29) is 92.4 Å². The number of amides is 2. The number of ketones is 4. The van der Waals surface area contributed by atoms with Gasteiger partial charge in [0, 0.05) is 71.4 Å². The number of aliphatic hydroxyl groups is 2. The average Bonchev–Trinajstić information content (AvgIpc) is 1.83. The van der Waals surface area contributed by atoms with Crippen molar-refractivity contribution in [1.82, 2.24) is 19.6 Å². The van der Waals surface area contributed by atoms with E-state index < -0.39 is 11.8 Å². The summed E-state index contributed by atoms with van der Waals surface area (Å²) in [5.74, 6) is -2.92. The summed E-state index contributed by atoms with van der Waals surface area (Å²) in [5, 5.41) is 70.3. The van der Waals surface area contributed by atoms with Gasteiger partial charge in [-0.05, 0) is 108 Å². The topological polar surface area (TPSA) is 323 Å². The van der Waals surface area contributed by atoms with Gasteiger partial charge in [0.1, 0.15) is 0 Å². The van der Waals surface area contributed by atoms with E-state index in [0.29, 0.717) is 68.7 Å². The maximum absolute atomic E-state index is 11.8. The Bertz CT molecular complexity index is 4090. The van der Waals surface area contributed by atoms with Crippen molar-refractivity contribution in [3.05, 3.63) is 419 Å². The predicted molar refractivity (Wildman–Crippen MR) is 399 cm³/mol. The first kappa shape index (κ1) is 87.5. The Balaban J connectivity index is 0.000000324. The second-order valence-electron chi connectivity index (χ2n) is 21.6. The van der Waals surface area contributed by atoms with E-state index >= 15 is 0 Å². The van der Waals surface area contributed by atoms with Crippen LogP contribution in [0.2, 0.25) is 0 Å². The van der Waals surface area contributed by atoms with Gasteiger partial charge < -0.3 is 42.1 Å². The van der Waals surface area contributed by atoms with Crippen LogP contribution in [0.1, 0.15) is 109 Å². The van der Waals surface area contributed by atoms with Crippen LogP contribution in [0.3, 0.4) is 0 Å². The summed E-state index contributed by atoms with van der Waals surface area (Å²) in [4.78, 5) is 68.7. The van der Waals surface area contributed by atoms with Crippen molar-refractivity contribution in [2.75, 3.05) is 13.2 Å². The molecule has 544 valence electrons. The molecule has 106 heavy (non-hydrogen) atoms. The Hall–Kier alpha value is -12.7. The third-order valence-electron chi connectivity index (χ3n) is 13.8. The van der Waals surface area contributed by atoms with Gasteiger partial charge in [-0.2, -0.15) is 10.2 Å². The number of carbonyl (C=O) groups is 6. The standard InChI is InChI=1S/4C15H12O2.2C11H11N3O.2C2H6O.2Ni/c4*16-14(12-7-3-1-4-8-12)11-15(17)13-9-5-2-6-10-13;2*12-11(15)10-4-2-9(3-5-10)8-14-7-1-6-13-14;2*1-2-3;;/h4*1-11,16H;2*1-7H,8H2,(H2,12,15);2*3H,2H2,1H3;;/q;;;;;;;;2*+2/p-4/b4*14-11-;;;;;;. The molecule has 10 aromatic carbocycles. The molecule has 2 heterocycles. The molecule has 6 N–H and O–H groups in total. The quantitative estimate of drug-likeness (QED) is 0.0269. The van der Waals surface area contributed by atoms with Crippen molar-refractivity contribution >= 4 is 58.0 Å². The zero-order valence-electron chi connectivity index (χ0n) is 57.9. The molecule has 0 unspecified atom stereocenters. The molecular weight excluding hydrogens is 1430 g/mol. The monoisotopic (exact) mass is 1500 g/mol. The Morgan fingerprint density at radius 3 is 0.642 bits per heavy atom. The summed E-state index contributed by atoms with van der Waals surface area (Å²) >= 11 is 0. The number of allylic oxidation sites excluding steroid dienone is 4. The van der Waals surface area contributed by atoms with E-state index in [9.17, 15) is 49.2 Å². The first-order valence-corrected chi connectivity index (χ1v) is 32.5.